The number of nitrogens with zero attached hydrogens (tertiary/aromatic N) is 3. The lowest BCUT2D eigenvalue weighted by molar-refractivity contribution is 0.167. The smallest absolute Gasteiger partial charge is 0.240 e. The molecule has 20 heavy (non-hydrogen) atoms. The predicted octanol–water partition coefficient (Wildman–Crippen LogP) is 2.19. The second kappa shape index (κ2) is 7.17. The van der Waals surface area contributed by atoms with E-state index in [-0.39, 0.29) is 12.5 Å². The van der Waals surface area contributed by atoms with Crippen LogP contribution >= 0.6 is 0 Å². The standard InChI is InChI=1S/C15H21N3O2/c1-12(2)15-16-14(20-17-15)11-18(8-9-19)10-13-6-4-3-5-7-13/h3-7,12,19H,8-11H2,1-2H3. The molecule has 0 aliphatic rings. The van der Waals surface area contributed by atoms with Crippen LogP contribution < -0.4 is 0 Å². The molecule has 0 atom stereocenters. The van der Waals surface area contributed by atoms with E-state index >= 15 is 0 Å². The average Bonchev–Trinajstić information content (AvgIpc) is 2.89. The number of hydrogen-bond acceptors (Lipinski definition) is 5. The van der Waals surface area contributed by atoms with Crippen molar-refractivity contribution in [2.75, 3.05) is 13.2 Å². The van der Waals surface area contributed by atoms with Crippen LogP contribution in [0.5, 0.6) is 0 Å². The summed E-state index contributed by atoms with van der Waals surface area (Å²) >= 11 is 0. The number of hydrogen-bond donors (Lipinski definition) is 1. The van der Waals surface area contributed by atoms with Crippen molar-refractivity contribution < 1.29 is 9.63 Å². The van der Waals surface area contributed by atoms with Crippen molar-refractivity contribution in [1.29, 1.82) is 0 Å². The highest BCUT2D eigenvalue weighted by Crippen LogP contribution is 2.12. The maximum absolute atomic E-state index is 9.18. The van der Waals surface area contributed by atoms with Gasteiger partial charge in [0.05, 0.1) is 13.2 Å². The Morgan fingerprint density at radius 3 is 2.55 bits per heavy atom. The summed E-state index contributed by atoms with van der Waals surface area (Å²) in [5.74, 6) is 1.58. The van der Waals surface area contributed by atoms with Gasteiger partial charge in [-0.2, -0.15) is 4.98 Å². The molecule has 0 bridgehead atoms. The molecule has 5 heteroatoms. The average molecular weight is 275 g/mol. The Balaban J connectivity index is 2.01. The van der Waals surface area contributed by atoms with Gasteiger partial charge in [0.15, 0.2) is 5.82 Å². The van der Waals surface area contributed by atoms with Gasteiger partial charge in [0, 0.05) is 19.0 Å². The van der Waals surface area contributed by atoms with Gasteiger partial charge in [-0.1, -0.05) is 49.3 Å². The second-order valence-electron chi connectivity index (χ2n) is 5.12. The van der Waals surface area contributed by atoms with Crippen LogP contribution in [0.1, 0.15) is 37.0 Å². The van der Waals surface area contributed by atoms with Gasteiger partial charge in [-0.15, -0.1) is 0 Å². The monoisotopic (exact) mass is 275 g/mol. The first-order valence-electron chi connectivity index (χ1n) is 6.88. The number of aromatic nitrogens is 2. The molecule has 0 saturated heterocycles. The van der Waals surface area contributed by atoms with Gasteiger partial charge in [-0.3, -0.25) is 4.90 Å². The van der Waals surface area contributed by atoms with Crippen LogP contribution in [-0.2, 0) is 13.1 Å². The van der Waals surface area contributed by atoms with Crippen LogP contribution in [-0.4, -0.2) is 33.3 Å². The number of rotatable bonds is 7. The maximum atomic E-state index is 9.18. The summed E-state index contributed by atoms with van der Waals surface area (Å²) in [4.78, 5) is 6.46. The predicted molar refractivity (Wildman–Crippen MR) is 76.0 cm³/mol. The molecular formula is C15H21N3O2. The number of aliphatic hydroxyl groups excluding tert-OH is 1. The fourth-order valence-electron chi connectivity index (χ4n) is 1.96. The van der Waals surface area contributed by atoms with Crippen molar-refractivity contribution in [2.45, 2.75) is 32.9 Å². The lowest BCUT2D eigenvalue weighted by atomic mass is 10.2. The normalized spacial score (nSPS) is 11.4. The van der Waals surface area contributed by atoms with Crippen molar-refractivity contribution in [3.63, 3.8) is 0 Å². The van der Waals surface area contributed by atoms with E-state index in [2.05, 4.69) is 27.2 Å². The van der Waals surface area contributed by atoms with E-state index in [0.29, 0.717) is 19.0 Å². The van der Waals surface area contributed by atoms with Gasteiger partial charge in [0.25, 0.3) is 0 Å². The fraction of sp³-hybridized carbons (Fsp3) is 0.467. The largest absolute Gasteiger partial charge is 0.395 e. The molecule has 1 heterocycles. The van der Waals surface area contributed by atoms with E-state index in [1.165, 1.54) is 5.56 Å². The Kier molecular flexibility index (Phi) is 5.26. The molecule has 1 N–H and O–H groups in total. The highest BCUT2D eigenvalue weighted by Gasteiger charge is 2.13. The first kappa shape index (κ1) is 14.7. The van der Waals surface area contributed by atoms with E-state index in [1.807, 2.05) is 32.0 Å². The van der Waals surface area contributed by atoms with E-state index in [9.17, 15) is 5.11 Å². The van der Waals surface area contributed by atoms with Crippen molar-refractivity contribution in [2.24, 2.45) is 0 Å². The molecule has 0 unspecified atom stereocenters. The quantitative estimate of drug-likeness (QED) is 0.839. The molecule has 108 valence electrons. The lowest BCUT2D eigenvalue weighted by Crippen LogP contribution is -2.26. The minimum atomic E-state index is 0.109. The van der Waals surface area contributed by atoms with E-state index < -0.39 is 0 Å². The molecule has 2 rings (SSSR count). The Hall–Kier alpha value is -1.72. The number of benzene rings is 1. The summed E-state index contributed by atoms with van der Waals surface area (Å²) in [5.41, 5.74) is 1.20. The highest BCUT2D eigenvalue weighted by molar-refractivity contribution is 5.14. The molecule has 0 radical (unpaired) electrons. The summed E-state index contributed by atoms with van der Waals surface area (Å²) in [6, 6.07) is 10.1. The third-order valence-electron chi connectivity index (χ3n) is 3.02. The van der Waals surface area contributed by atoms with Crippen LogP contribution in [0.2, 0.25) is 0 Å². The Morgan fingerprint density at radius 1 is 1.20 bits per heavy atom. The molecule has 0 amide bonds. The molecule has 0 saturated carbocycles. The second-order valence-corrected chi connectivity index (χ2v) is 5.12. The van der Waals surface area contributed by atoms with E-state index in [1.54, 1.807) is 0 Å². The van der Waals surface area contributed by atoms with Crippen LogP contribution in [0.3, 0.4) is 0 Å². The summed E-state index contributed by atoms with van der Waals surface area (Å²) in [6.45, 7) is 6.05. The topological polar surface area (TPSA) is 62.4 Å². The van der Waals surface area contributed by atoms with Gasteiger partial charge < -0.3 is 9.63 Å². The van der Waals surface area contributed by atoms with Crippen LogP contribution in [0, 0.1) is 0 Å². The zero-order valence-corrected chi connectivity index (χ0v) is 12.0. The van der Waals surface area contributed by atoms with Gasteiger partial charge in [-0.25, -0.2) is 0 Å². The number of aliphatic hydroxyl groups is 1. The van der Waals surface area contributed by atoms with E-state index in [0.717, 1.165) is 12.4 Å². The van der Waals surface area contributed by atoms with Crippen LogP contribution in [0.25, 0.3) is 0 Å². The third-order valence-corrected chi connectivity index (χ3v) is 3.02. The molecule has 1 aromatic heterocycles. The SMILES string of the molecule is CC(C)c1noc(CN(CCO)Cc2ccccc2)n1. The third kappa shape index (κ3) is 4.15. The molecule has 0 aliphatic carbocycles. The molecule has 0 spiro atoms. The first-order chi connectivity index (χ1) is 9.69. The van der Waals surface area contributed by atoms with Gasteiger partial charge in [-0.05, 0) is 5.56 Å². The van der Waals surface area contributed by atoms with E-state index in [4.69, 9.17) is 4.52 Å². The van der Waals surface area contributed by atoms with Gasteiger partial charge in [0.1, 0.15) is 0 Å². The van der Waals surface area contributed by atoms with Crippen molar-refractivity contribution >= 4 is 0 Å². The van der Waals surface area contributed by atoms with Gasteiger partial charge >= 0.3 is 0 Å². The molecular weight excluding hydrogens is 254 g/mol. The summed E-state index contributed by atoms with van der Waals surface area (Å²) in [6.07, 6.45) is 0. The zero-order valence-electron chi connectivity index (χ0n) is 12.0. The minimum absolute atomic E-state index is 0.109. The molecule has 5 nitrogen and oxygen atoms in total. The Labute approximate surface area is 119 Å². The van der Waals surface area contributed by atoms with Crippen LogP contribution in [0.4, 0.5) is 0 Å². The fourth-order valence-corrected chi connectivity index (χ4v) is 1.96. The van der Waals surface area contributed by atoms with Crippen molar-refractivity contribution in [3.8, 4) is 0 Å². The zero-order chi connectivity index (χ0) is 14.4. The minimum Gasteiger partial charge on any atom is -0.395 e. The molecule has 2 aromatic rings. The van der Waals surface area contributed by atoms with Gasteiger partial charge in [0.2, 0.25) is 5.89 Å². The Morgan fingerprint density at radius 2 is 1.95 bits per heavy atom. The summed E-state index contributed by atoms with van der Waals surface area (Å²) in [5, 5.41) is 13.1. The molecule has 1 aromatic carbocycles. The lowest BCUT2D eigenvalue weighted by Gasteiger charge is -2.19. The summed E-state index contributed by atoms with van der Waals surface area (Å²) in [7, 11) is 0. The summed E-state index contributed by atoms with van der Waals surface area (Å²) < 4.78 is 5.26. The Bertz CT molecular complexity index is 511. The highest BCUT2D eigenvalue weighted by atomic mass is 16.5. The van der Waals surface area contributed by atoms with Crippen molar-refractivity contribution in [3.05, 3.63) is 47.6 Å². The first-order valence-corrected chi connectivity index (χ1v) is 6.88. The van der Waals surface area contributed by atoms with Crippen molar-refractivity contribution in [1.82, 2.24) is 15.0 Å². The van der Waals surface area contributed by atoms with Crippen LogP contribution in [0.15, 0.2) is 34.9 Å². The molecule has 0 fully saturated rings. The maximum Gasteiger partial charge on any atom is 0.240 e. The molecule has 0 aliphatic heterocycles.